The van der Waals surface area contributed by atoms with Gasteiger partial charge in [-0.1, -0.05) is 12.8 Å². The summed E-state index contributed by atoms with van der Waals surface area (Å²) in [5, 5.41) is 3.49. The van der Waals surface area contributed by atoms with Crippen LogP contribution in [-0.4, -0.2) is 38.1 Å². The fourth-order valence-electron chi connectivity index (χ4n) is 4.01. The van der Waals surface area contributed by atoms with Gasteiger partial charge in [0.05, 0.1) is 0 Å². The quantitative estimate of drug-likeness (QED) is 0.813. The molecular formula is C15H30N2. The summed E-state index contributed by atoms with van der Waals surface area (Å²) in [5.41, 5.74) is 0. The van der Waals surface area contributed by atoms with E-state index in [1.165, 1.54) is 51.4 Å². The van der Waals surface area contributed by atoms with Crippen molar-refractivity contribution in [1.82, 2.24) is 10.2 Å². The van der Waals surface area contributed by atoms with E-state index in [2.05, 4.69) is 31.4 Å². The van der Waals surface area contributed by atoms with Gasteiger partial charge in [-0.3, -0.25) is 0 Å². The maximum Gasteiger partial charge on any atom is 0.00893 e. The van der Waals surface area contributed by atoms with Gasteiger partial charge in [0.2, 0.25) is 0 Å². The van der Waals surface area contributed by atoms with E-state index in [0.717, 1.165) is 23.9 Å². The molecule has 0 spiro atoms. The van der Waals surface area contributed by atoms with Crippen molar-refractivity contribution in [3.63, 3.8) is 0 Å². The van der Waals surface area contributed by atoms with Gasteiger partial charge in [-0.05, 0) is 71.5 Å². The van der Waals surface area contributed by atoms with Crippen LogP contribution in [0.2, 0.25) is 0 Å². The average molecular weight is 238 g/mol. The Morgan fingerprint density at radius 2 is 1.59 bits per heavy atom. The molecule has 17 heavy (non-hydrogen) atoms. The molecule has 0 saturated heterocycles. The van der Waals surface area contributed by atoms with Crippen LogP contribution in [0, 0.1) is 11.8 Å². The lowest BCUT2D eigenvalue weighted by Crippen LogP contribution is -2.37. The number of nitrogens with zero attached hydrogens (tertiary/aromatic N) is 1. The van der Waals surface area contributed by atoms with Crippen LogP contribution in [0.3, 0.4) is 0 Å². The van der Waals surface area contributed by atoms with Crippen LogP contribution in [0.15, 0.2) is 0 Å². The zero-order valence-corrected chi connectivity index (χ0v) is 11.9. The molecule has 0 aliphatic heterocycles. The fourth-order valence-corrected chi connectivity index (χ4v) is 4.01. The second-order valence-corrected chi connectivity index (χ2v) is 6.44. The third-order valence-corrected chi connectivity index (χ3v) is 5.26. The first-order valence-corrected chi connectivity index (χ1v) is 7.54. The lowest BCUT2D eigenvalue weighted by molar-refractivity contribution is 0.129. The van der Waals surface area contributed by atoms with Crippen molar-refractivity contribution >= 4 is 0 Å². The Bertz CT molecular complexity index is 219. The maximum absolute atomic E-state index is 3.49. The molecule has 2 unspecified atom stereocenters. The number of rotatable bonds is 3. The van der Waals surface area contributed by atoms with E-state index in [0.29, 0.717) is 0 Å². The third-order valence-electron chi connectivity index (χ3n) is 5.26. The Labute approximate surface area is 107 Å². The Kier molecular flexibility index (Phi) is 4.87. The van der Waals surface area contributed by atoms with Crippen molar-refractivity contribution in [3.05, 3.63) is 0 Å². The minimum absolute atomic E-state index is 0.806. The van der Waals surface area contributed by atoms with Gasteiger partial charge in [0, 0.05) is 12.1 Å². The number of hydrogen-bond donors (Lipinski definition) is 1. The van der Waals surface area contributed by atoms with E-state index in [1.807, 2.05) is 0 Å². The lowest BCUT2D eigenvalue weighted by atomic mass is 9.71. The van der Waals surface area contributed by atoms with Crippen LogP contribution >= 0.6 is 0 Å². The van der Waals surface area contributed by atoms with Gasteiger partial charge in [-0.2, -0.15) is 0 Å². The molecule has 2 aliphatic carbocycles. The summed E-state index contributed by atoms with van der Waals surface area (Å²) in [6, 6.07) is 1.66. The molecule has 2 aliphatic rings. The molecule has 0 aromatic carbocycles. The van der Waals surface area contributed by atoms with E-state index in [-0.39, 0.29) is 0 Å². The summed E-state index contributed by atoms with van der Waals surface area (Å²) in [7, 11) is 6.61. The second-order valence-electron chi connectivity index (χ2n) is 6.44. The smallest absolute Gasteiger partial charge is 0.00893 e. The highest BCUT2D eigenvalue weighted by Crippen LogP contribution is 2.38. The normalized spacial score (nSPS) is 39.5. The van der Waals surface area contributed by atoms with Crippen molar-refractivity contribution in [3.8, 4) is 0 Å². The topological polar surface area (TPSA) is 15.3 Å². The standard InChI is InChI=1S/C15H30N2/c1-16-14-6-4-5-13(11-14)12-7-9-15(10-8-12)17(2)3/h12-16H,4-11H2,1-3H3. The summed E-state index contributed by atoms with van der Waals surface area (Å²) in [6.45, 7) is 0. The predicted octanol–water partition coefficient (Wildman–Crippen LogP) is 2.89. The summed E-state index contributed by atoms with van der Waals surface area (Å²) in [6.07, 6.45) is 11.6. The molecule has 1 N–H and O–H groups in total. The average Bonchev–Trinajstić information content (AvgIpc) is 2.39. The van der Waals surface area contributed by atoms with E-state index in [1.54, 1.807) is 0 Å². The molecule has 0 aromatic rings. The number of hydrogen-bond acceptors (Lipinski definition) is 2. The zero-order valence-electron chi connectivity index (χ0n) is 11.9. The molecule has 2 heteroatoms. The Morgan fingerprint density at radius 1 is 0.882 bits per heavy atom. The molecule has 0 radical (unpaired) electrons. The highest BCUT2D eigenvalue weighted by Gasteiger charge is 2.31. The van der Waals surface area contributed by atoms with Crippen molar-refractivity contribution in [2.24, 2.45) is 11.8 Å². The molecule has 2 fully saturated rings. The Hall–Kier alpha value is -0.0800. The molecular weight excluding hydrogens is 208 g/mol. The van der Waals surface area contributed by atoms with Crippen molar-refractivity contribution in [2.75, 3.05) is 21.1 Å². The summed E-state index contributed by atoms with van der Waals surface area (Å²) in [4.78, 5) is 2.42. The molecule has 0 aromatic heterocycles. The number of nitrogens with one attached hydrogen (secondary N) is 1. The van der Waals surface area contributed by atoms with Gasteiger partial charge in [-0.25, -0.2) is 0 Å². The van der Waals surface area contributed by atoms with Crippen LogP contribution in [0.25, 0.3) is 0 Å². The van der Waals surface area contributed by atoms with E-state index < -0.39 is 0 Å². The van der Waals surface area contributed by atoms with Crippen LogP contribution < -0.4 is 5.32 Å². The second kappa shape index (κ2) is 6.19. The van der Waals surface area contributed by atoms with Crippen LogP contribution in [0.1, 0.15) is 51.4 Å². The van der Waals surface area contributed by atoms with Gasteiger partial charge in [-0.15, -0.1) is 0 Å². The van der Waals surface area contributed by atoms with Gasteiger partial charge < -0.3 is 10.2 Å². The molecule has 2 rings (SSSR count). The zero-order chi connectivity index (χ0) is 12.3. The molecule has 0 bridgehead atoms. The van der Waals surface area contributed by atoms with Gasteiger partial charge in [0.1, 0.15) is 0 Å². The van der Waals surface area contributed by atoms with E-state index in [9.17, 15) is 0 Å². The van der Waals surface area contributed by atoms with Crippen molar-refractivity contribution in [2.45, 2.75) is 63.5 Å². The van der Waals surface area contributed by atoms with Crippen molar-refractivity contribution < 1.29 is 0 Å². The minimum atomic E-state index is 0.806. The fraction of sp³-hybridized carbons (Fsp3) is 1.00. The molecule has 2 nitrogen and oxygen atoms in total. The molecule has 100 valence electrons. The van der Waals surface area contributed by atoms with Crippen LogP contribution in [0.5, 0.6) is 0 Å². The summed E-state index contributed by atoms with van der Waals surface area (Å²) < 4.78 is 0. The molecule has 2 saturated carbocycles. The van der Waals surface area contributed by atoms with Crippen LogP contribution in [0.4, 0.5) is 0 Å². The highest BCUT2D eigenvalue weighted by atomic mass is 15.1. The third kappa shape index (κ3) is 3.45. The predicted molar refractivity (Wildman–Crippen MR) is 74.2 cm³/mol. The maximum atomic E-state index is 3.49. The van der Waals surface area contributed by atoms with E-state index >= 15 is 0 Å². The van der Waals surface area contributed by atoms with Gasteiger partial charge >= 0.3 is 0 Å². The van der Waals surface area contributed by atoms with Crippen LogP contribution in [-0.2, 0) is 0 Å². The Balaban J connectivity index is 1.80. The van der Waals surface area contributed by atoms with Gasteiger partial charge in [0.25, 0.3) is 0 Å². The first-order valence-electron chi connectivity index (χ1n) is 7.54. The van der Waals surface area contributed by atoms with Crippen molar-refractivity contribution in [1.29, 1.82) is 0 Å². The molecule has 0 heterocycles. The minimum Gasteiger partial charge on any atom is -0.317 e. The lowest BCUT2D eigenvalue weighted by Gasteiger charge is -2.39. The summed E-state index contributed by atoms with van der Waals surface area (Å²) >= 11 is 0. The monoisotopic (exact) mass is 238 g/mol. The Morgan fingerprint density at radius 3 is 2.18 bits per heavy atom. The largest absolute Gasteiger partial charge is 0.317 e. The van der Waals surface area contributed by atoms with E-state index in [4.69, 9.17) is 0 Å². The SMILES string of the molecule is CNC1CCCC(C2CCC(N(C)C)CC2)C1. The summed E-state index contributed by atoms with van der Waals surface area (Å²) in [5.74, 6) is 2.05. The molecule has 2 atom stereocenters. The molecule has 0 amide bonds. The van der Waals surface area contributed by atoms with Gasteiger partial charge in [0.15, 0.2) is 0 Å². The highest BCUT2D eigenvalue weighted by molar-refractivity contribution is 4.85. The first-order chi connectivity index (χ1) is 8.20. The first kappa shape index (κ1) is 13.4.